The molecule has 2 unspecified atom stereocenters. The lowest BCUT2D eigenvalue weighted by Gasteiger charge is -2.13. The molecule has 0 fully saturated rings. The first-order chi connectivity index (χ1) is 6.83. The lowest BCUT2D eigenvalue weighted by atomic mass is 9.97. The molecule has 1 heteroatoms. The van der Waals surface area contributed by atoms with Crippen LogP contribution in [0.1, 0.15) is 24.0 Å². The highest BCUT2D eigenvalue weighted by molar-refractivity contribution is 6.22. The fourth-order valence-electron chi connectivity index (χ4n) is 1.79. The third kappa shape index (κ3) is 1.62. The molecule has 0 aromatic heterocycles. The van der Waals surface area contributed by atoms with Gasteiger partial charge in [0.25, 0.3) is 0 Å². The number of hydrogen-bond acceptors (Lipinski definition) is 0. The average molecular weight is 204 g/mol. The highest BCUT2D eigenvalue weighted by Gasteiger charge is 2.21. The first-order valence-corrected chi connectivity index (χ1v) is 5.21. The van der Waals surface area contributed by atoms with Crippen LogP contribution in [0.4, 0.5) is 0 Å². The van der Waals surface area contributed by atoms with E-state index >= 15 is 0 Å². The molecule has 1 aliphatic carbocycles. The summed E-state index contributed by atoms with van der Waals surface area (Å²) in [5.74, 6) is 0.306. The Kier molecular flexibility index (Phi) is 2.74. The topological polar surface area (TPSA) is 0 Å². The molecule has 2 rings (SSSR count). The molecule has 0 heterocycles. The lowest BCUT2D eigenvalue weighted by Crippen LogP contribution is -2.06. The largest absolute Gasteiger partial charge is 0.117 e. The van der Waals surface area contributed by atoms with Crippen LogP contribution in [0.25, 0.3) is 6.08 Å². The van der Waals surface area contributed by atoms with Gasteiger partial charge < -0.3 is 0 Å². The maximum Gasteiger partial charge on any atom is 0.0619 e. The monoisotopic (exact) mass is 203 g/mol. The third-order valence-corrected chi connectivity index (χ3v) is 2.91. The number of allylic oxidation sites excluding steroid dienone is 3. The van der Waals surface area contributed by atoms with Crippen molar-refractivity contribution in [1.29, 1.82) is 0 Å². The number of benzene rings is 1. The molecule has 71 valence electrons. The van der Waals surface area contributed by atoms with Crippen molar-refractivity contribution in [2.75, 3.05) is 0 Å². The Bertz CT molecular complexity index is 377. The van der Waals surface area contributed by atoms with Crippen LogP contribution in [0.5, 0.6) is 0 Å². The molecule has 0 saturated heterocycles. The highest BCUT2D eigenvalue weighted by Crippen LogP contribution is 2.34. The van der Waals surface area contributed by atoms with Crippen molar-refractivity contribution in [3.63, 3.8) is 0 Å². The quantitative estimate of drug-likeness (QED) is 0.507. The van der Waals surface area contributed by atoms with Crippen LogP contribution in [-0.2, 0) is 0 Å². The van der Waals surface area contributed by atoms with Crippen molar-refractivity contribution in [3.8, 4) is 0 Å². The van der Waals surface area contributed by atoms with Crippen LogP contribution in [0.3, 0.4) is 0 Å². The Morgan fingerprint density at radius 3 is 3.21 bits per heavy atom. The Balaban J connectivity index is 2.30. The smallest absolute Gasteiger partial charge is 0.0619 e. The van der Waals surface area contributed by atoms with Gasteiger partial charge in [-0.1, -0.05) is 36.4 Å². The minimum absolute atomic E-state index is 0.0494. The zero-order valence-electron chi connectivity index (χ0n) is 8.07. The second-order valence-corrected chi connectivity index (χ2v) is 3.91. The molecule has 0 saturated carbocycles. The summed E-state index contributed by atoms with van der Waals surface area (Å²) in [6, 6.07) is 9.13. The molecule has 0 N–H and O–H groups in total. The number of alkyl halides is 1. The van der Waals surface area contributed by atoms with E-state index in [1.165, 1.54) is 11.1 Å². The molecule has 0 bridgehead atoms. The highest BCUT2D eigenvalue weighted by atomic mass is 35.5. The predicted octanol–water partition coefficient (Wildman–Crippen LogP) is 3.78. The van der Waals surface area contributed by atoms with Crippen molar-refractivity contribution in [3.05, 3.63) is 53.6 Å². The van der Waals surface area contributed by atoms with Gasteiger partial charge in [0.05, 0.1) is 5.38 Å². The summed E-state index contributed by atoms with van der Waals surface area (Å²) in [4.78, 5) is 0. The van der Waals surface area contributed by atoms with Crippen LogP contribution < -0.4 is 0 Å². The fourth-order valence-corrected chi connectivity index (χ4v) is 2.15. The van der Waals surface area contributed by atoms with Crippen molar-refractivity contribution in [2.45, 2.75) is 18.2 Å². The lowest BCUT2D eigenvalue weighted by molar-refractivity contribution is 0.886. The molecule has 1 aromatic rings. The van der Waals surface area contributed by atoms with Gasteiger partial charge in [-0.2, -0.15) is 0 Å². The van der Waals surface area contributed by atoms with E-state index in [0.29, 0.717) is 5.92 Å². The first kappa shape index (κ1) is 9.54. The second-order valence-electron chi connectivity index (χ2n) is 3.41. The van der Waals surface area contributed by atoms with Crippen molar-refractivity contribution >= 4 is 17.7 Å². The van der Waals surface area contributed by atoms with Crippen LogP contribution in [0.15, 0.2) is 36.4 Å². The van der Waals surface area contributed by atoms with E-state index in [4.69, 9.17) is 11.6 Å². The fraction of sp³-hybridized carbons (Fsp3) is 0.231. The van der Waals surface area contributed by atoms with Gasteiger partial charge in [-0.15, -0.1) is 11.6 Å². The molecule has 1 radical (unpaired) electrons. The Morgan fingerprint density at radius 2 is 2.43 bits per heavy atom. The first-order valence-electron chi connectivity index (χ1n) is 4.78. The predicted molar refractivity (Wildman–Crippen MR) is 61.5 cm³/mol. The summed E-state index contributed by atoms with van der Waals surface area (Å²) in [7, 11) is 0. The number of hydrogen-bond donors (Lipinski definition) is 0. The molecular weight excluding hydrogens is 192 g/mol. The summed E-state index contributed by atoms with van der Waals surface area (Å²) < 4.78 is 0. The van der Waals surface area contributed by atoms with E-state index in [2.05, 4.69) is 24.3 Å². The summed E-state index contributed by atoms with van der Waals surface area (Å²) >= 11 is 6.26. The Labute approximate surface area is 89.9 Å². The van der Waals surface area contributed by atoms with Gasteiger partial charge >= 0.3 is 0 Å². The molecule has 0 aliphatic heterocycles. The summed E-state index contributed by atoms with van der Waals surface area (Å²) in [6.45, 7) is 1.99. The van der Waals surface area contributed by atoms with E-state index in [0.717, 1.165) is 0 Å². The maximum atomic E-state index is 6.26. The molecule has 1 aromatic carbocycles. The summed E-state index contributed by atoms with van der Waals surface area (Å²) in [5, 5.41) is 0.0494. The summed E-state index contributed by atoms with van der Waals surface area (Å²) in [6.07, 6.45) is 8.32. The molecule has 2 atom stereocenters. The molecule has 14 heavy (non-hydrogen) atoms. The van der Waals surface area contributed by atoms with Crippen LogP contribution in [-0.4, -0.2) is 5.38 Å². The van der Waals surface area contributed by atoms with E-state index in [-0.39, 0.29) is 5.38 Å². The Hall–Kier alpha value is -1.01. The minimum Gasteiger partial charge on any atom is -0.117 e. The minimum atomic E-state index is 0.0494. The average Bonchev–Trinajstić information content (AvgIpc) is 2.61. The SMILES string of the molecule is CC=CC(Cl)C1C=Cc2cc[c]cc21. The zero-order valence-corrected chi connectivity index (χ0v) is 8.83. The Morgan fingerprint density at radius 1 is 1.57 bits per heavy atom. The van der Waals surface area contributed by atoms with E-state index < -0.39 is 0 Å². The third-order valence-electron chi connectivity index (χ3n) is 2.49. The number of rotatable bonds is 2. The molecule has 0 spiro atoms. The van der Waals surface area contributed by atoms with Crippen LogP contribution >= 0.6 is 11.6 Å². The van der Waals surface area contributed by atoms with E-state index in [9.17, 15) is 0 Å². The van der Waals surface area contributed by atoms with E-state index in [1.807, 2.05) is 31.2 Å². The van der Waals surface area contributed by atoms with Gasteiger partial charge in [-0.05, 0) is 30.2 Å². The normalized spacial score (nSPS) is 21.4. The van der Waals surface area contributed by atoms with Gasteiger partial charge in [0.1, 0.15) is 0 Å². The molecule has 0 nitrogen and oxygen atoms in total. The van der Waals surface area contributed by atoms with Gasteiger partial charge in [-0.3, -0.25) is 0 Å². The van der Waals surface area contributed by atoms with Gasteiger partial charge in [0.15, 0.2) is 0 Å². The maximum absolute atomic E-state index is 6.26. The number of halogens is 1. The molecule has 1 aliphatic rings. The number of fused-ring (bicyclic) bond motifs is 1. The van der Waals surface area contributed by atoms with Crippen molar-refractivity contribution in [1.82, 2.24) is 0 Å². The van der Waals surface area contributed by atoms with Crippen molar-refractivity contribution in [2.24, 2.45) is 0 Å². The molecule has 0 amide bonds. The standard InChI is InChI=1S/C13H12Cl/c1-2-5-13(14)12-9-8-10-6-3-4-7-11(10)12/h2-3,5-9,12-13H,1H3. The zero-order chi connectivity index (χ0) is 9.97. The van der Waals surface area contributed by atoms with E-state index in [1.54, 1.807) is 0 Å². The molecular formula is C13H12Cl. The van der Waals surface area contributed by atoms with Gasteiger partial charge in [0, 0.05) is 5.92 Å². The second kappa shape index (κ2) is 4.02. The van der Waals surface area contributed by atoms with Crippen LogP contribution in [0, 0.1) is 6.07 Å². The van der Waals surface area contributed by atoms with Crippen LogP contribution in [0.2, 0.25) is 0 Å². The summed E-state index contributed by atoms with van der Waals surface area (Å²) in [5.41, 5.74) is 2.55. The van der Waals surface area contributed by atoms with Crippen molar-refractivity contribution < 1.29 is 0 Å². The van der Waals surface area contributed by atoms with Gasteiger partial charge in [-0.25, -0.2) is 0 Å². The van der Waals surface area contributed by atoms with Gasteiger partial charge in [0.2, 0.25) is 0 Å².